The summed E-state index contributed by atoms with van der Waals surface area (Å²) in [7, 11) is 0. The maximum absolute atomic E-state index is 12.4. The number of pyridine rings is 1. The van der Waals surface area contributed by atoms with Gasteiger partial charge in [0.2, 0.25) is 5.88 Å². The summed E-state index contributed by atoms with van der Waals surface area (Å²) in [6.07, 6.45) is 6.44. The lowest BCUT2D eigenvalue weighted by Crippen LogP contribution is -2.28. The molecule has 2 aromatic heterocycles. The number of rotatable bonds is 8. The fraction of sp³-hybridized carbons (Fsp3) is 0.318. The van der Waals surface area contributed by atoms with Crippen LogP contribution >= 0.6 is 11.3 Å². The van der Waals surface area contributed by atoms with Gasteiger partial charge in [-0.3, -0.25) is 0 Å². The highest BCUT2D eigenvalue weighted by Crippen LogP contribution is 2.25. The molecule has 0 saturated heterocycles. The average molecular weight is 425 g/mol. The topological polar surface area (TPSA) is 85.4 Å². The Morgan fingerprint density at radius 2 is 2.07 bits per heavy atom. The summed E-state index contributed by atoms with van der Waals surface area (Å²) < 4.78 is 11.8. The van der Waals surface area contributed by atoms with Gasteiger partial charge in [0.1, 0.15) is 18.5 Å². The number of hydrogen-bond donors (Lipinski definition) is 2. The smallest absolute Gasteiger partial charge is 0.319 e. The second kappa shape index (κ2) is 10.1. The third-order valence-corrected chi connectivity index (χ3v) is 5.47. The number of nitrogens with zero attached hydrogens (tertiary/aromatic N) is 2. The standard InChI is InChI=1S/C22H24N4O3S/c27-22(24-12-16-5-4-10-23-21(16)29-19-7-1-2-8-19)26-17-6-3-9-20(11-17)28-13-18-14-30-15-25-18/h3-6,9-11,14-15,19H,1-2,7-8,12-13H2,(H2,24,26,27). The molecule has 2 amide bonds. The third kappa shape index (κ3) is 5.70. The molecule has 1 aliphatic rings. The van der Waals surface area contributed by atoms with Gasteiger partial charge in [-0.1, -0.05) is 12.1 Å². The van der Waals surface area contributed by atoms with Gasteiger partial charge >= 0.3 is 6.03 Å². The highest BCUT2D eigenvalue weighted by atomic mass is 32.1. The highest BCUT2D eigenvalue weighted by Gasteiger charge is 2.18. The van der Waals surface area contributed by atoms with Crippen molar-refractivity contribution in [3.8, 4) is 11.6 Å². The lowest BCUT2D eigenvalue weighted by atomic mass is 10.2. The van der Waals surface area contributed by atoms with Crippen molar-refractivity contribution in [2.24, 2.45) is 0 Å². The van der Waals surface area contributed by atoms with Crippen molar-refractivity contribution in [2.75, 3.05) is 5.32 Å². The Bertz CT molecular complexity index is 959. The fourth-order valence-corrected chi connectivity index (χ4v) is 3.85. The number of anilines is 1. The Labute approximate surface area is 179 Å². The number of amides is 2. The molecule has 0 spiro atoms. The van der Waals surface area contributed by atoms with Crippen LogP contribution in [0.3, 0.4) is 0 Å². The van der Waals surface area contributed by atoms with Gasteiger partial charge in [0.05, 0.1) is 11.2 Å². The van der Waals surface area contributed by atoms with Gasteiger partial charge in [-0.05, 0) is 43.9 Å². The minimum Gasteiger partial charge on any atom is -0.487 e. The van der Waals surface area contributed by atoms with E-state index in [1.54, 1.807) is 17.8 Å². The monoisotopic (exact) mass is 424 g/mol. The minimum atomic E-state index is -0.303. The first-order valence-electron chi connectivity index (χ1n) is 10.0. The maximum atomic E-state index is 12.4. The van der Waals surface area contributed by atoms with Crippen molar-refractivity contribution in [3.05, 3.63) is 64.7 Å². The number of hydrogen-bond acceptors (Lipinski definition) is 6. The number of thiazole rings is 1. The molecule has 3 aromatic rings. The van der Waals surface area contributed by atoms with Gasteiger partial charge in [-0.2, -0.15) is 0 Å². The third-order valence-electron chi connectivity index (χ3n) is 4.83. The highest BCUT2D eigenvalue weighted by molar-refractivity contribution is 7.07. The van der Waals surface area contributed by atoms with Gasteiger partial charge in [0, 0.05) is 35.4 Å². The zero-order valence-electron chi connectivity index (χ0n) is 16.5. The SMILES string of the molecule is O=C(NCc1cccnc1OC1CCCC1)Nc1cccc(OCc2cscn2)c1. The van der Waals surface area contributed by atoms with E-state index in [1.807, 2.05) is 35.7 Å². The van der Waals surface area contributed by atoms with E-state index in [2.05, 4.69) is 20.6 Å². The van der Waals surface area contributed by atoms with Crippen LogP contribution in [0.2, 0.25) is 0 Å². The number of urea groups is 1. The van der Waals surface area contributed by atoms with Crippen molar-refractivity contribution in [1.82, 2.24) is 15.3 Å². The zero-order chi connectivity index (χ0) is 20.6. The molecule has 1 aromatic carbocycles. The first-order chi connectivity index (χ1) is 14.8. The first kappa shape index (κ1) is 20.2. The van der Waals surface area contributed by atoms with E-state index in [0.717, 1.165) is 24.1 Å². The lowest BCUT2D eigenvalue weighted by Gasteiger charge is -2.15. The van der Waals surface area contributed by atoms with E-state index in [-0.39, 0.29) is 12.1 Å². The van der Waals surface area contributed by atoms with Crippen LogP contribution in [-0.2, 0) is 13.2 Å². The van der Waals surface area contributed by atoms with Crippen LogP contribution in [-0.4, -0.2) is 22.1 Å². The second-order valence-corrected chi connectivity index (χ2v) is 7.81. The largest absolute Gasteiger partial charge is 0.487 e. The molecule has 0 radical (unpaired) electrons. The Balaban J connectivity index is 1.29. The van der Waals surface area contributed by atoms with Gasteiger partial charge < -0.3 is 20.1 Å². The van der Waals surface area contributed by atoms with E-state index < -0.39 is 0 Å². The number of ether oxygens (including phenoxy) is 2. The molecule has 156 valence electrons. The maximum Gasteiger partial charge on any atom is 0.319 e. The van der Waals surface area contributed by atoms with E-state index in [9.17, 15) is 4.79 Å². The number of aromatic nitrogens is 2. The van der Waals surface area contributed by atoms with E-state index in [1.165, 1.54) is 24.2 Å². The summed E-state index contributed by atoms with van der Waals surface area (Å²) in [5, 5.41) is 7.64. The average Bonchev–Trinajstić information content (AvgIpc) is 3.46. The Kier molecular flexibility index (Phi) is 6.76. The van der Waals surface area contributed by atoms with Crippen LogP contribution < -0.4 is 20.1 Å². The van der Waals surface area contributed by atoms with Gasteiger partial charge in [0.25, 0.3) is 0 Å². The van der Waals surface area contributed by atoms with Crippen LogP contribution in [0.5, 0.6) is 11.6 Å². The molecule has 2 N–H and O–H groups in total. The Morgan fingerprint density at radius 1 is 1.17 bits per heavy atom. The molecule has 1 fully saturated rings. The summed E-state index contributed by atoms with van der Waals surface area (Å²) >= 11 is 1.53. The Morgan fingerprint density at radius 3 is 2.90 bits per heavy atom. The predicted octanol–water partition coefficient (Wildman–Crippen LogP) is 4.76. The normalized spacial score (nSPS) is 13.7. The van der Waals surface area contributed by atoms with Gasteiger partial charge in [-0.15, -0.1) is 11.3 Å². The molecule has 0 unspecified atom stereocenters. The number of nitrogens with one attached hydrogen (secondary N) is 2. The van der Waals surface area contributed by atoms with Crippen LogP contribution in [0.4, 0.5) is 10.5 Å². The minimum absolute atomic E-state index is 0.222. The molecular formula is C22H24N4O3S. The molecular weight excluding hydrogens is 400 g/mol. The molecule has 1 saturated carbocycles. The van der Waals surface area contributed by atoms with Crippen LogP contribution in [0.1, 0.15) is 36.9 Å². The molecule has 0 atom stereocenters. The quantitative estimate of drug-likeness (QED) is 0.545. The first-order valence-corrected chi connectivity index (χ1v) is 11.0. The Hall–Kier alpha value is -3.13. The number of benzene rings is 1. The van der Waals surface area contributed by atoms with Crippen LogP contribution in [0, 0.1) is 0 Å². The van der Waals surface area contributed by atoms with Crippen molar-refractivity contribution in [2.45, 2.75) is 44.9 Å². The van der Waals surface area contributed by atoms with Gasteiger partial charge in [-0.25, -0.2) is 14.8 Å². The van der Waals surface area contributed by atoms with E-state index in [4.69, 9.17) is 9.47 Å². The van der Waals surface area contributed by atoms with Gasteiger partial charge in [0.15, 0.2) is 0 Å². The molecule has 0 aliphatic heterocycles. The number of carbonyl (C=O) groups excluding carboxylic acids is 1. The van der Waals surface area contributed by atoms with Crippen molar-refractivity contribution in [3.63, 3.8) is 0 Å². The van der Waals surface area contributed by atoms with Crippen LogP contribution in [0.15, 0.2) is 53.5 Å². The molecule has 8 heteroatoms. The molecule has 1 aliphatic carbocycles. The van der Waals surface area contributed by atoms with Crippen molar-refractivity contribution >= 4 is 23.1 Å². The van der Waals surface area contributed by atoms with E-state index in [0.29, 0.717) is 30.5 Å². The fourth-order valence-electron chi connectivity index (χ4n) is 3.31. The zero-order valence-corrected chi connectivity index (χ0v) is 17.4. The van der Waals surface area contributed by atoms with Crippen LogP contribution in [0.25, 0.3) is 0 Å². The molecule has 0 bridgehead atoms. The summed E-state index contributed by atoms with van der Waals surface area (Å²) in [6.45, 7) is 0.728. The van der Waals surface area contributed by atoms with E-state index >= 15 is 0 Å². The van der Waals surface area contributed by atoms with Crippen molar-refractivity contribution in [1.29, 1.82) is 0 Å². The molecule has 7 nitrogen and oxygen atoms in total. The number of carbonyl (C=O) groups is 1. The summed E-state index contributed by atoms with van der Waals surface area (Å²) in [4.78, 5) is 20.9. The summed E-state index contributed by atoms with van der Waals surface area (Å²) in [5.74, 6) is 1.27. The predicted molar refractivity (Wildman–Crippen MR) is 116 cm³/mol. The summed E-state index contributed by atoms with van der Waals surface area (Å²) in [6, 6.07) is 10.7. The lowest BCUT2D eigenvalue weighted by molar-refractivity contribution is 0.199. The molecule has 30 heavy (non-hydrogen) atoms. The summed E-state index contributed by atoms with van der Waals surface area (Å²) in [5.41, 5.74) is 4.16. The molecule has 2 heterocycles. The second-order valence-electron chi connectivity index (χ2n) is 7.10. The molecule has 4 rings (SSSR count). The van der Waals surface area contributed by atoms with Crippen molar-refractivity contribution < 1.29 is 14.3 Å².